The molecule has 0 aliphatic carbocycles. The largest absolute Gasteiger partial charge is 0.310 e. The molecule has 0 fully saturated rings. The van der Waals surface area contributed by atoms with Gasteiger partial charge in [0.05, 0.1) is 0 Å². The van der Waals surface area contributed by atoms with Gasteiger partial charge < -0.3 is 5.32 Å². The van der Waals surface area contributed by atoms with E-state index in [1.807, 2.05) is 19.9 Å². The van der Waals surface area contributed by atoms with Gasteiger partial charge in [-0.15, -0.1) is 0 Å². The first-order chi connectivity index (χ1) is 9.58. The highest BCUT2D eigenvalue weighted by Gasteiger charge is 2.12. The highest BCUT2D eigenvalue weighted by molar-refractivity contribution is 7.99. The summed E-state index contributed by atoms with van der Waals surface area (Å²) >= 11 is 1.25. The molecule has 4 heteroatoms. The third-order valence-electron chi connectivity index (χ3n) is 2.82. The van der Waals surface area contributed by atoms with Crippen LogP contribution in [0.25, 0.3) is 0 Å². The number of halogens is 2. The van der Waals surface area contributed by atoms with E-state index in [4.69, 9.17) is 0 Å². The number of hydrogen-bond donors (Lipinski definition) is 1. The maximum Gasteiger partial charge on any atom is 0.137 e. The fourth-order valence-electron chi connectivity index (χ4n) is 1.76. The Balaban J connectivity index is 2.27. The van der Waals surface area contributed by atoms with Gasteiger partial charge in [0.1, 0.15) is 11.6 Å². The Labute approximate surface area is 122 Å². The number of nitrogens with one attached hydrogen (secondary N) is 1. The molecule has 0 aromatic heterocycles. The number of hydrogen-bond acceptors (Lipinski definition) is 2. The molecule has 2 aromatic rings. The normalized spacial score (nSPS) is 11.1. The molecule has 0 bridgehead atoms. The zero-order valence-electron chi connectivity index (χ0n) is 11.5. The average Bonchev–Trinajstić information content (AvgIpc) is 2.40. The summed E-state index contributed by atoms with van der Waals surface area (Å²) in [4.78, 5) is 1.24. The van der Waals surface area contributed by atoms with Crippen molar-refractivity contribution in [2.45, 2.75) is 36.2 Å². The monoisotopic (exact) mass is 293 g/mol. The molecule has 0 heterocycles. The summed E-state index contributed by atoms with van der Waals surface area (Å²) in [7, 11) is 0. The van der Waals surface area contributed by atoms with Gasteiger partial charge in [0.2, 0.25) is 0 Å². The van der Waals surface area contributed by atoms with Crippen molar-refractivity contribution in [3.8, 4) is 0 Å². The van der Waals surface area contributed by atoms with E-state index in [1.54, 1.807) is 24.3 Å². The van der Waals surface area contributed by atoms with E-state index in [-0.39, 0.29) is 17.7 Å². The van der Waals surface area contributed by atoms with Crippen LogP contribution in [-0.2, 0) is 6.54 Å². The van der Waals surface area contributed by atoms with Gasteiger partial charge >= 0.3 is 0 Å². The molecule has 0 spiro atoms. The van der Waals surface area contributed by atoms with Gasteiger partial charge in [-0.3, -0.25) is 0 Å². The van der Waals surface area contributed by atoms with Crippen molar-refractivity contribution in [1.29, 1.82) is 0 Å². The van der Waals surface area contributed by atoms with Crippen LogP contribution in [0.4, 0.5) is 8.78 Å². The van der Waals surface area contributed by atoms with E-state index in [2.05, 4.69) is 5.32 Å². The Kier molecular flexibility index (Phi) is 5.15. The Morgan fingerprint density at radius 3 is 2.30 bits per heavy atom. The Hall–Kier alpha value is -1.39. The molecule has 2 aromatic carbocycles. The molecule has 2 rings (SSSR count). The Morgan fingerprint density at radius 2 is 1.60 bits per heavy atom. The van der Waals surface area contributed by atoms with Crippen LogP contribution in [0, 0.1) is 11.6 Å². The minimum Gasteiger partial charge on any atom is -0.310 e. The quantitative estimate of drug-likeness (QED) is 0.863. The van der Waals surface area contributed by atoms with Crippen LogP contribution in [0.1, 0.15) is 19.4 Å². The summed E-state index contributed by atoms with van der Waals surface area (Å²) in [6.07, 6.45) is 0. The lowest BCUT2D eigenvalue weighted by molar-refractivity contribution is 0.546. The van der Waals surface area contributed by atoms with Crippen LogP contribution in [0.15, 0.2) is 52.3 Å². The van der Waals surface area contributed by atoms with Crippen LogP contribution in [0.2, 0.25) is 0 Å². The predicted octanol–water partition coefficient (Wildman–Crippen LogP) is 4.61. The zero-order valence-corrected chi connectivity index (χ0v) is 12.3. The van der Waals surface area contributed by atoms with Crippen molar-refractivity contribution in [3.05, 3.63) is 59.7 Å². The fourth-order valence-corrected chi connectivity index (χ4v) is 2.75. The standard InChI is InChI=1S/C16H17F2NS/c1-11(2)19-10-12-13(17)7-5-9-15(12)20-16-8-4-3-6-14(16)18/h3-9,11,19H,10H2,1-2H3. The molecule has 0 unspecified atom stereocenters. The highest BCUT2D eigenvalue weighted by Crippen LogP contribution is 2.33. The molecule has 1 N–H and O–H groups in total. The van der Waals surface area contributed by atoms with Gasteiger partial charge in [0, 0.05) is 27.9 Å². The highest BCUT2D eigenvalue weighted by atomic mass is 32.2. The van der Waals surface area contributed by atoms with Gasteiger partial charge in [-0.1, -0.05) is 43.8 Å². The predicted molar refractivity (Wildman–Crippen MR) is 78.9 cm³/mol. The Morgan fingerprint density at radius 1 is 0.950 bits per heavy atom. The second kappa shape index (κ2) is 6.86. The summed E-state index contributed by atoms with van der Waals surface area (Å²) in [6.45, 7) is 4.44. The molecule has 0 atom stereocenters. The van der Waals surface area contributed by atoms with E-state index in [1.165, 1.54) is 23.9 Å². The summed E-state index contributed by atoms with van der Waals surface area (Å²) < 4.78 is 27.6. The number of rotatable bonds is 5. The van der Waals surface area contributed by atoms with Crippen molar-refractivity contribution < 1.29 is 8.78 Å². The average molecular weight is 293 g/mol. The van der Waals surface area contributed by atoms with Gasteiger partial charge in [0.25, 0.3) is 0 Å². The minimum absolute atomic E-state index is 0.264. The van der Waals surface area contributed by atoms with E-state index < -0.39 is 0 Å². The second-order valence-electron chi connectivity index (χ2n) is 4.78. The maximum atomic E-state index is 14.0. The van der Waals surface area contributed by atoms with Gasteiger partial charge in [0.15, 0.2) is 0 Å². The van der Waals surface area contributed by atoms with Gasteiger partial charge in [-0.25, -0.2) is 8.78 Å². The molecular formula is C16H17F2NS. The van der Waals surface area contributed by atoms with Crippen LogP contribution >= 0.6 is 11.8 Å². The van der Waals surface area contributed by atoms with Crippen molar-refractivity contribution >= 4 is 11.8 Å². The first-order valence-electron chi connectivity index (χ1n) is 6.51. The third-order valence-corrected chi connectivity index (χ3v) is 3.97. The maximum absolute atomic E-state index is 14.0. The zero-order chi connectivity index (χ0) is 14.5. The fraction of sp³-hybridized carbons (Fsp3) is 0.250. The first kappa shape index (κ1) is 15.0. The molecule has 0 saturated carbocycles. The van der Waals surface area contributed by atoms with E-state index >= 15 is 0 Å². The summed E-state index contributed by atoms with van der Waals surface area (Å²) in [5.41, 5.74) is 0.578. The van der Waals surface area contributed by atoms with Crippen molar-refractivity contribution in [1.82, 2.24) is 5.32 Å². The summed E-state index contributed by atoms with van der Waals surface area (Å²) in [6, 6.07) is 11.7. The molecule has 0 amide bonds. The molecule has 106 valence electrons. The van der Waals surface area contributed by atoms with E-state index in [0.717, 1.165) is 4.90 Å². The van der Waals surface area contributed by atoms with Crippen LogP contribution in [0.5, 0.6) is 0 Å². The minimum atomic E-state index is -0.287. The molecule has 0 aliphatic heterocycles. The third kappa shape index (κ3) is 3.81. The second-order valence-corrected chi connectivity index (χ2v) is 5.87. The van der Waals surface area contributed by atoms with Crippen LogP contribution in [-0.4, -0.2) is 6.04 Å². The Bertz CT molecular complexity index is 584. The topological polar surface area (TPSA) is 12.0 Å². The van der Waals surface area contributed by atoms with Crippen LogP contribution in [0.3, 0.4) is 0 Å². The van der Waals surface area contributed by atoms with Crippen molar-refractivity contribution in [2.75, 3.05) is 0 Å². The van der Waals surface area contributed by atoms with Gasteiger partial charge in [-0.2, -0.15) is 0 Å². The smallest absolute Gasteiger partial charge is 0.137 e. The van der Waals surface area contributed by atoms with E-state index in [0.29, 0.717) is 17.0 Å². The molecular weight excluding hydrogens is 276 g/mol. The molecule has 0 radical (unpaired) electrons. The van der Waals surface area contributed by atoms with Crippen LogP contribution < -0.4 is 5.32 Å². The number of benzene rings is 2. The van der Waals surface area contributed by atoms with E-state index in [9.17, 15) is 8.78 Å². The lowest BCUT2D eigenvalue weighted by Crippen LogP contribution is -2.22. The van der Waals surface area contributed by atoms with Gasteiger partial charge in [-0.05, 0) is 24.3 Å². The summed E-state index contributed by atoms with van der Waals surface area (Å²) in [5.74, 6) is -0.552. The van der Waals surface area contributed by atoms with Crippen molar-refractivity contribution in [3.63, 3.8) is 0 Å². The van der Waals surface area contributed by atoms with Crippen molar-refractivity contribution in [2.24, 2.45) is 0 Å². The molecule has 0 aliphatic rings. The molecule has 20 heavy (non-hydrogen) atoms. The molecule has 0 saturated heterocycles. The summed E-state index contributed by atoms with van der Waals surface area (Å²) in [5, 5.41) is 3.20. The lowest BCUT2D eigenvalue weighted by Gasteiger charge is -2.13. The first-order valence-corrected chi connectivity index (χ1v) is 7.32. The lowest BCUT2D eigenvalue weighted by atomic mass is 10.2. The molecule has 1 nitrogen and oxygen atoms in total. The SMILES string of the molecule is CC(C)NCc1c(F)cccc1Sc1ccccc1F.